The molecule has 254 valence electrons. The minimum atomic E-state index is 0.982. The minimum Gasteiger partial charge on any atom is -0.341 e. The zero-order valence-electron chi connectivity index (χ0n) is 30.1. The highest BCUT2D eigenvalue weighted by Gasteiger charge is 2.18. The zero-order valence-corrected chi connectivity index (χ0v) is 31.8. The van der Waals surface area contributed by atoms with Gasteiger partial charge in [-0.05, 0) is 99.2 Å². The van der Waals surface area contributed by atoms with Crippen LogP contribution in [0.25, 0.3) is 84.0 Å². The van der Waals surface area contributed by atoms with Gasteiger partial charge in [-0.1, -0.05) is 76.6 Å². The summed E-state index contributed by atoms with van der Waals surface area (Å²) in [5.74, 6) is 0. The Hall–Kier alpha value is -3.86. The van der Waals surface area contributed by atoms with Crippen molar-refractivity contribution in [1.82, 2.24) is 9.13 Å². The van der Waals surface area contributed by atoms with Gasteiger partial charge in [0.15, 0.2) is 0 Å². The number of rotatable bonds is 12. The van der Waals surface area contributed by atoms with Crippen LogP contribution in [0.4, 0.5) is 0 Å². The molecule has 0 bridgehead atoms. The van der Waals surface area contributed by atoms with E-state index in [9.17, 15) is 0 Å². The number of unbranched alkanes of at least 4 members (excludes halogenated alkanes) is 6. The summed E-state index contributed by atoms with van der Waals surface area (Å²) in [5, 5.41) is 11.2. The maximum atomic E-state index is 2.55. The van der Waals surface area contributed by atoms with Crippen molar-refractivity contribution < 1.29 is 0 Å². The van der Waals surface area contributed by atoms with Crippen molar-refractivity contribution in [3.63, 3.8) is 0 Å². The molecule has 9 aromatic rings. The normalized spacial score (nSPS) is 12.6. The quantitative estimate of drug-likeness (QED) is 0.113. The molecule has 0 unspecified atom stereocenters. The summed E-state index contributed by atoms with van der Waals surface area (Å²) in [4.78, 5) is 0. The lowest BCUT2D eigenvalue weighted by molar-refractivity contribution is 0.667. The van der Waals surface area contributed by atoms with Crippen molar-refractivity contribution in [3.8, 4) is 0 Å². The van der Waals surface area contributed by atoms with Gasteiger partial charge in [0.1, 0.15) is 0 Å². The van der Waals surface area contributed by atoms with Gasteiger partial charge in [-0.3, -0.25) is 0 Å². The molecular formula is C46H48N2S2. The number of aromatic nitrogens is 2. The second-order valence-electron chi connectivity index (χ2n) is 14.6. The van der Waals surface area contributed by atoms with E-state index in [0.717, 1.165) is 13.1 Å². The van der Waals surface area contributed by atoms with Crippen LogP contribution in [0.1, 0.15) is 90.2 Å². The first-order valence-electron chi connectivity index (χ1n) is 19.3. The van der Waals surface area contributed by atoms with Crippen LogP contribution in [0.2, 0.25) is 0 Å². The molecule has 0 atom stereocenters. The number of nitrogens with zero attached hydrogens (tertiary/aromatic N) is 2. The van der Waals surface area contributed by atoms with E-state index in [-0.39, 0.29) is 0 Å². The Kier molecular flexibility index (Phi) is 8.36. The van der Waals surface area contributed by atoms with E-state index in [1.165, 1.54) is 159 Å². The summed E-state index contributed by atoms with van der Waals surface area (Å²) < 4.78 is 10.7. The Bertz CT molecular complexity index is 2520. The summed E-state index contributed by atoms with van der Waals surface area (Å²) in [6, 6.07) is 29.4. The molecule has 4 heterocycles. The lowest BCUT2D eigenvalue weighted by Gasteiger charge is -2.06. The van der Waals surface area contributed by atoms with Crippen molar-refractivity contribution in [3.05, 3.63) is 83.9 Å². The highest BCUT2D eigenvalue weighted by atomic mass is 32.1. The zero-order chi connectivity index (χ0) is 33.9. The van der Waals surface area contributed by atoms with Crippen molar-refractivity contribution in [2.75, 3.05) is 0 Å². The lowest BCUT2D eigenvalue weighted by atomic mass is 10.0. The van der Waals surface area contributed by atoms with Crippen molar-refractivity contribution in [2.45, 2.75) is 105 Å². The van der Waals surface area contributed by atoms with E-state index in [1.54, 1.807) is 0 Å². The first-order chi connectivity index (χ1) is 24.6. The van der Waals surface area contributed by atoms with Gasteiger partial charge < -0.3 is 9.13 Å². The molecule has 4 aromatic heterocycles. The third kappa shape index (κ3) is 5.16. The van der Waals surface area contributed by atoms with E-state index in [0.29, 0.717) is 0 Å². The molecule has 0 fully saturated rings. The number of hydrogen-bond acceptors (Lipinski definition) is 2. The Morgan fingerprint density at radius 1 is 0.380 bits per heavy atom. The van der Waals surface area contributed by atoms with Gasteiger partial charge in [0.2, 0.25) is 0 Å². The van der Waals surface area contributed by atoms with Crippen LogP contribution in [0.3, 0.4) is 0 Å². The predicted molar refractivity (Wildman–Crippen MR) is 225 cm³/mol. The van der Waals surface area contributed by atoms with Crippen LogP contribution >= 0.6 is 22.7 Å². The monoisotopic (exact) mass is 692 g/mol. The van der Waals surface area contributed by atoms with Crippen LogP contribution in [0.15, 0.2) is 72.8 Å². The van der Waals surface area contributed by atoms with Crippen molar-refractivity contribution in [1.29, 1.82) is 0 Å². The topological polar surface area (TPSA) is 9.86 Å². The SMILES string of the molecule is CCCCCCc1ccc2c3cc4sc5cc6c(cc5c4cc3n(CC)c2c1)sc1cc2c3ccc(CCCCCC)cc3n(CC)c2cc16. The largest absolute Gasteiger partial charge is 0.341 e. The Morgan fingerprint density at radius 3 is 1.16 bits per heavy atom. The molecule has 0 aliphatic carbocycles. The van der Waals surface area contributed by atoms with Gasteiger partial charge in [0.25, 0.3) is 0 Å². The number of thiophene rings is 2. The molecule has 0 spiro atoms. The number of hydrogen-bond donors (Lipinski definition) is 0. The molecule has 9 rings (SSSR count). The average molecular weight is 693 g/mol. The smallest absolute Gasteiger partial charge is 0.0498 e. The first-order valence-corrected chi connectivity index (χ1v) is 21.0. The van der Waals surface area contributed by atoms with Gasteiger partial charge in [0, 0.05) is 97.0 Å². The van der Waals surface area contributed by atoms with Crippen LogP contribution in [0.5, 0.6) is 0 Å². The number of aryl methyl sites for hydroxylation is 4. The molecule has 0 radical (unpaired) electrons. The minimum absolute atomic E-state index is 0.982. The molecule has 5 aromatic carbocycles. The highest BCUT2D eigenvalue weighted by Crippen LogP contribution is 2.45. The van der Waals surface area contributed by atoms with E-state index in [4.69, 9.17) is 0 Å². The van der Waals surface area contributed by atoms with Crippen LogP contribution in [-0.2, 0) is 25.9 Å². The summed E-state index contributed by atoms with van der Waals surface area (Å²) in [6.07, 6.45) is 12.8. The molecule has 50 heavy (non-hydrogen) atoms. The second-order valence-corrected chi connectivity index (χ2v) is 16.8. The molecule has 4 heteroatoms. The standard InChI is InChI=1S/C46H48N2S2/c1-5-9-11-13-15-29-17-19-31-33-25-43-35(23-41(33)47(7-3)39(31)21-29)37-27-46-38(28-45(37)49-43)36-24-42-34(26-44(36)50-46)32-20-18-30(16-14-12-10-6-2)22-40(32)48(42)8-4/h17-28H,5-16H2,1-4H3. The summed E-state index contributed by atoms with van der Waals surface area (Å²) in [7, 11) is 0. The predicted octanol–water partition coefficient (Wildman–Crippen LogP) is 14.9. The fraction of sp³-hybridized carbons (Fsp3) is 0.348. The number of benzene rings is 5. The van der Waals surface area contributed by atoms with Gasteiger partial charge >= 0.3 is 0 Å². The summed E-state index contributed by atoms with van der Waals surface area (Å²) >= 11 is 3.93. The van der Waals surface area contributed by atoms with E-state index in [1.807, 2.05) is 22.7 Å². The van der Waals surface area contributed by atoms with Crippen LogP contribution in [0, 0.1) is 0 Å². The fourth-order valence-electron chi connectivity index (χ4n) is 8.81. The van der Waals surface area contributed by atoms with Crippen LogP contribution < -0.4 is 0 Å². The first kappa shape index (κ1) is 32.1. The number of fused-ring (bicyclic) bond motifs is 12. The molecule has 0 N–H and O–H groups in total. The second kappa shape index (κ2) is 13.0. The van der Waals surface area contributed by atoms with Crippen molar-refractivity contribution >= 4 is 107 Å². The molecular weight excluding hydrogens is 645 g/mol. The van der Waals surface area contributed by atoms with Gasteiger partial charge in [0.05, 0.1) is 0 Å². The summed E-state index contributed by atoms with van der Waals surface area (Å²) in [5.41, 5.74) is 8.47. The molecule has 0 aliphatic rings. The van der Waals surface area contributed by atoms with E-state index in [2.05, 4.69) is 110 Å². The maximum Gasteiger partial charge on any atom is 0.0498 e. The van der Waals surface area contributed by atoms with Crippen LogP contribution in [-0.4, -0.2) is 9.13 Å². The Balaban J connectivity index is 1.15. The Labute approximate surface area is 303 Å². The fourth-order valence-corrected chi connectivity index (χ4v) is 11.1. The highest BCUT2D eigenvalue weighted by molar-refractivity contribution is 7.27. The van der Waals surface area contributed by atoms with E-state index < -0.39 is 0 Å². The molecule has 0 saturated heterocycles. The van der Waals surface area contributed by atoms with Crippen molar-refractivity contribution in [2.24, 2.45) is 0 Å². The van der Waals surface area contributed by atoms with Gasteiger partial charge in [-0.2, -0.15) is 0 Å². The maximum absolute atomic E-state index is 2.55. The third-order valence-electron chi connectivity index (χ3n) is 11.4. The third-order valence-corrected chi connectivity index (χ3v) is 13.7. The average Bonchev–Trinajstić information content (AvgIpc) is 3.85. The van der Waals surface area contributed by atoms with Gasteiger partial charge in [-0.25, -0.2) is 0 Å². The Morgan fingerprint density at radius 2 is 0.760 bits per heavy atom. The molecule has 0 amide bonds. The molecule has 0 saturated carbocycles. The summed E-state index contributed by atoms with van der Waals surface area (Å²) in [6.45, 7) is 11.1. The van der Waals surface area contributed by atoms with Gasteiger partial charge in [-0.15, -0.1) is 22.7 Å². The lowest BCUT2D eigenvalue weighted by Crippen LogP contribution is -1.94. The molecule has 0 aliphatic heterocycles. The van der Waals surface area contributed by atoms with E-state index >= 15 is 0 Å². The molecule has 2 nitrogen and oxygen atoms in total.